The molecule has 0 radical (unpaired) electrons. The number of para-hydroxylation sites is 1. The zero-order valence-corrected chi connectivity index (χ0v) is 17.4. The van der Waals surface area contributed by atoms with Crippen LogP contribution in [0.2, 0.25) is 0 Å². The average Bonchev–Trinajstić information content (AvgIpc) is 3.42. The molecule has 8 heteroatoms. The van der Waals surface area contributed by atoms with E-state index in [0.29, 0.717) is 17.9 Å². The van der Waals surface area contributed by atoms with Gasteiger partial charge in [0.1, 0.15) is 11.3 Å². The van der Waals surface area contributed by atoms with Gasteiger partial charge in [0.05, 0.1) is 17.0 Å². The number of carbonyl (C=O) groups excluding carboxylic acids is 1. The summed E-state index contributed by atoms with van der Waals surface area (Å²) in [5.41, 5.74) is 1.13. The Morgan fingerprint density at radius 3 is 2.63 bits per heavy atom. The Balaban J connectivity index is 1.39. The lowest BCUT2D eigenvalue weighted by Crippen LogP contribution is -2.32. The van der Waals surface area contributed by atoms with Crippen LogP contribution in [-0.4, -0.2) is 33.6 Å². The van der Waals surface area contributed by atoms with Crippen LogP contribution in [0.4, 0.5) is 0 Å². The van der Waals surface area contributed by atoms with Gasteiger partial charge in [0.25, 0.3) is 5.91 Å². The lowest BCUT2D eigenvalue weighted by molar-refractivity contribution is 0.0935. The number of ether oxygens (including phenoxy) is 1. The average molecular weight is 429 g/mol. The van der Waals surface area contributed by atoms with Crippen molar-refractivity contribution in [2.75, 3.05) is 13.2 Å². The summed E-state index contributed by atoms with van der Waals surface area (Å²) >= 11 is 0. The van der Waals surface area contributed by atoms with Crippen LogP contribution in [0.5, 0.6) is 0 Å². The fourth-order valence-corrected chi connectivity index (χ4v) is 4.51. The largest absolute Gasteiger partial charge is 0.459 e. The van der Waals surface area contributed by atoms with Crippen LogP contribution < -0.4 is 10.0 Å². The summed E-state index contributed by atoms with van der Waals surface area (Å²) in [6.07, 6.45) is 1.72. The summed E-state index contributed by atoms with van der Waals surface area (Å²) in [5.74, 6) is 0.348. The van der Waals surface area contributed by atoms with E-state index in [-0.39, 0.29) is 29.5 Å². The molecule has 1 amide bonds. The SMILES string of the molecule is C[C@H](NC(=O)c1ccc(S(=O)(=O)NC[C@@H]2CCCO2)cc1)c1cc2ccccc2o1. The number of nitrogens with one attached hydrogen (secondary N) is 2. The third-order valence-electron chi connectivity index (χ3n) is 5.17. The number of carbonyl (C=O) groups is 1. The lowest BCUT2D eigenvalue weighted by atomic mass is 10.1. The van der Waals surface area contributed by atoms with Gasteiger partial charge in [-0.15, -0.1) is 0 Å². The van der Waals surface area contributed by atoms with Crippen LogP contribution in [0.25, 0.3) is 11.0 Å². The van der Waals surface area contributed by atoms with Crippen LogP contribution in [0.3, 0.4) is 0 Å². The van der Waals surface area contributed by atoms with Crippen molar-refractivity contribution < 1.29 is 22.4 Å². The van der Waals surface area contributed by atoms with Gasteiger partial charge >= 0.3 is 0 Å². The maximum absolute atomic E-state index is 12.6. The van der Waals surface area contributed by atoms with Gasteiger partial charge < -0.3 is 14.5 Å². The van der Waals surface area contributed by atoms with Gasteiger partial charge in [-0.1, -0.05) is 18.2 Å². The number of fused-ring (bicyclic) bond motifs is 1. The standard InChI is InChI=1S/C22H24N2O5S/c1-15(21-13-17-5-2-3-7-20(17)29-21)24-22(25)16-8-10-19(11-9-16)30(26,27)23-14-18-6-4-12-28-18/h2-3,5,7-11,13,15,18,23H,4,6,12,14H2,1H3,(H,24,25)/t15-,18-/m0/s1. The highest BCUT2D eigenvalue weighted by Gasteiger charge is 2.21. The molecule has 2 atom stereocenters. The molecule has 30 heavy (non-hydrogen) atoms. The van der Waals surface area contributed by atoms with Crippen molar-refractivity contribution in [2.45, 2.75) is 36.8 Å². The van der Waals surface area contributed by atoms with Crippen LogP contribution in [0, 0.1) is 0 Å². The minimum absolute atomic E-state index is 0.0791. The zero-order valence-electron chi connectivity index (χ0n) is 16.6. The molecule has 1 fully saturated rings. The molecule has 1 saturated heterocycles. The molecule has 2 aromatic carbocycles. The van der Waals surface area contributed by atoms with E-state index in [2.05, 4.69) is 10.0 Å². The molecule has 2 heterocycles. The number of benzene rings is 2. The second-order valence-electron chi connectivity index (χ2n) is 7.39. The van der Waals surface area contributed by atoms with Gasteiger partial charge in [-0.2, -0.15) is 0 Å². The van der Waals surface area contributed by atoms with Crippen molar-refractivity contribution in [3.8, 4) is 0 Å². The van der Waals surface area contributed by atoms with E-state index >= 15 is 0 Å². The molecular weight excluding hydrogens is 404 g/mol. The summed E-state index contributed by atoms with van der Waals surface area (Å²) in [6, 6.07) is 15.1. The van der Waals surface area contributed by atoms with Gasteiger partial charge in [0, 0.05) is 24.1 Å². The Morgan fingerprint density at radius 1 is 1.17 bits per heavy atom. The molecule has 0 unspecified atom stereocenters. The molecule has 7 nitrogen and oxygen atoms in total. The summed E-state index contributed by atoms with van der Waals surface area (Å²) in [6.45, 7) is 2.76. The molecule has 2 N–H and O–H groups in total. The van der Waals surface area contributed by atoms with E-state index in [0.717, 1.165) is 23.8 Å². The van der Waals surface area contributed by atoms with Crippen molar-refractivity contribution in [2.24, 2.45) is 0 Å². The molecule has 0 spiro atoms. The zero-order chi connectivity index (χ0) is 21.1. The third-order valence-corrected chi connectivity index (χ3v) is 6.61. The number of furan rings is 1. The first-order valence-corrected chi connectivity index (χ1v) is 11.4. The number of sulfonamides is 1. The number of rotatable bonds is 7. The van der Waals surface area contributed by atoms with Crippen molar-refractivity contribution in [3.63, 3.8) is 0 Å². The van der Waals surface area contributed by atoms with E-state index in [1.807, 2.05) is 37.3 Å². The molecule has 4 rings (SSSR count). The molecule has 3 aromatic rings. The monoisotopic (exact) mass is 428 g/mol. The van der Waals surface area contributed by atoms with Crippen molar-refractivity contribution >= 4 is 26.9 Å². The predicted molar refractivity (Wildman–Crippen MR) is 113 cm³/mol. The van der Waals surface area contributed by atoms with Crippen LogP contribution in [0.15, 0.2) is 63.9 Å². The van der Waals surface area contributed by atoms with Gasteiger partial charge in [-0.3, -0.25) is 4.79 Å². The minimum atomic E-state index is -3.65. The Hall–Kier alpha value is -2.68. The first-order valence-electron chi connectivity index (χ1n) is 9.93. The Labute approximate surface area is 175 Å². The van der Waals surface area contributed by atoms with E-state index < -0.39 is 10.0 Å². The summed E-state index contributed by atoms with van der Waals surface area (Å²) < 4.78 is 38.7. The maximum atomic E-state index is 12.6. The van der Waals surface area contributed by atoms with Crippen molar-refractivity contribution in [3.05, 3.63) is 65.9 Å². The van der Waals surface area contributed by atoms with Gasteiger partial charge in [0.15, 0.2) is 0 Å². The smallest absolute Gasteiger partial charge is 0.251 e. The minimum Gasteiger partial charge on any atom is -0.459 e. The Bertz CT molecular complexity index is 1100. The van der Waals surface area contributed by atoms with E-state index in [9.17, 15) is 13.2 Å². The first kappa shape index (κ1) is 20.6. The second-order valence-corrected chi connectivity index (χ2v) is 9.16. The third kappa shape index (κ3) is 4.56. The highest BCUT2D eigenvalue weighted by atomic mass is 32.2. The molecule has 1 aliphatic heterocycles. The molecule has 0 saturated carbocycles. The van der Waals surface area contributed by atoms with E-state index in [1.54, 1.807) is 0 Å². The van der Waals surface area contributed by atoms with Crippen LogP contribution in [0.1, 0.15) is 41.9 Å². The maximum Gasteiger partial charge on any atom is 0.251 e. The Morgan fingerprint density at radius 2 is 1.93 bits per heavy atom. The van der Waals surface area contributed by atoms with Crippen molar-refractivity contribution in [1.29, 1.82) is 0 Å². The number of hydrogen-bond donors (Lipinski definition) is 2. The number of hydrogen-bond acceptors (Lipinski definition) is 5. The molecular formula is C22H24N2O5S. The highest BCUT2D eigenvalue weighted by molar-refractivity contribution is 7.89. The van der Waals surface area contributed by atoms with Gasteiger partial charge in [-0.25, -0.2) is 13.1 Å². The van der Waals surface area contributed by atoms with Crippen molar-refractivity contribution in [1.82, 2.24) is 10.0 Å². The highest BCUT2D eigenvalue weighted by Crippen LogP contribution is 2.24. The topological polar surface area (TPSA) is 97.6 Å². The lowest BCUT2D eigenvalue weighted by Gasteiger charge is -2.13. The van der Waals surface area contributed by atoms with Gasteiger partial charge in [-0.05, 0) is 56.2 Å². The number of amides is 1. The Kier molecular flexibility index (Phi) is 5.90. The second kappa shape index (κ2) is 8.59. The predicted octanol–water partition coefficient (Wildman–Crippen LogP) is 3.38. The van der Waals surface area contributed by atoms with Crippen LogP contribution >= 0.6 is 0 Å². The van der Waals surface area contributed by atoms with Gasteiger partial charge in [0.2, 0.25) is 10.0 Å². The molecule has 0 bridgehead atoms. The normalized spacial score (nSPS) is 17.8. The van der Waals surface area contributed by atoms with Crippen LogP contribution in [-0.2, 0) is 14.8 Å². The summed E-state index contributed by atoms with van der Waals surface area (Å²) in [5, 5.41) is 3.85. The first-order chi connectivity index (χ1) is 14.4. The quantitative estimate of drug-likeness (QED) is 0.601. The summed E-state index contributed by atoms with van der Waals surface area (Å²) in [7, 11) is -3.65. The molecule has 1 aliphatic rings. The fourth-order valence-electron chi connectivity index (χ4n) is 3.44. The summed E-state index contributed by atoms with van der Waals surface area (Å²) in [4.78, 5) is 12.7. The molecule has 0 aliphatic carbocycles. The van der Waals surface area contributed by atoms with E-state index in [1.165, 1.54) is 24.3 Å². The molecule has 1 aromatic heterocycles. The molecule has 158 valence electrons. The van der Waals surface area contributed by atoms with E-state index in [4.69, 9.17) is 9.15 Å². The fraction of sp³-hybridized carbons (Fsp3) is 0.318.